The van der Waals surface area contributed by atoms with Crippen molar-refractivity contribution in [3.8, 4) is 0 Å². The number of H-pyrrole nitrogens is 1. The summed E-state index contributed by atoms with van der Waals surface area (Å²) in [5.41, 5.74) is 2.46. The van der Waals surface area contributed by atoms with Crippen LogP contribution in [0.5, 0.6) is 0 Å². The van der Waals surface area contributed by atoms with Gasteiger partial charge in [0.25, 0.3) is 0 Å². The molecule has 1 aliphatic carbocycles. The zero-order valence-corrected chi connectivity index (χ0v) is 13.4. The quantitative estimate of drug-likeness (QED) is 0.846. The zero-order chi connectivity index (χ0) is 13.9. The second-order valence-corrected chi connectivity index (χ2v) is 7.49. The van der Waals surface area contributed by atoms with Crippen LogP contribution >= 0.6 is 23.4 Å². The molecule has 1 aliphatic rings. The standard InChI is InChI=1S/C16H21ClN2S/c1-2-20-14-5-4-13(8-14)18-9-11-10-19-16-7-12(17)3-6-15(11)16/h3,6-7,10,13-14,18-19H,2,4-5,8-9H2,1H3. The lowest BCUT2D eigenvalue weighted by Gasteiger charge is -2.12. The molecule has 3 rings (SSSR count). The van der Waals surface area contributed by atoms with Gasteiger partial charge in [-0.25, -0.2) is 0 Å². The molecular formula is C16H21ClN2S. The Hall–Kier alpha value is -0.640. The Morgan fingerprint density at radius 2 is 2.30 bits per heavy atom. The van der Waals surface area contributed by atoms with E-state index < -0.39 is 0 Å². The number of aromatic amines is 1. The van der Waals surface area contributed by atoms with E-state index >= 15 is 0 Å². The smallest absolute Gasteiger partial charge is 0.0472 e. The largest absolute Gasteiger partial charge is 0.361 e. The summed E-state index contributed by atoms with van der Waals surface area (Å²) in [6.45, 7) is 3.19. The van der Waals surface area contributed by atoms with Crippen LogP contribution in [0.1, 0.15) is 31.7 Å². The average Bonchev–Trinajstić information content (AvgIpc) is 3.03. The van der Waals surface area contributed by atoms with Gasteiger partial charge in [0.1, 0.15) is 0 Å². The molecule has 2 N–H and O–H groups in total. The Kier molecular flexibility index (Phi) is 4.59. The summed E-state index contributed by atoms with van der Waals surface area (Å²) in [5, 5.41) is 6.64. The van der Waals surface area contributed by atoms with Crippen molar-refractivity contribution in [2.24, 2.45) is 0 Å². The highest BCUT2D eigenvalue weighted by atomic mass is 35.5. The summed E-state index contributed by atoms with van der Waals surface area (Å²) >= 11 is 8.13. The number of thioether (sulfide) groups is 1. The van der Waals surface area contributed by atoms with Gasteiger partial charge in [-0.05, 0) is 42.7 Å². The van der Waals surface area contributed by atoms with Crippen LogP contribution in [0.15, 0.2) is 24.4 Å². The van der Waals surface area contributed by atoms with Crippen LogP contribution in [0, 0.1) is 0 Å². The van der Waals surface area contributed by atoms with Crippen LogP contribution in [-0.2, 0) is 6.54 Å². The molecule has 0 spiro atoms. The molecule has 0 radical (unpaired) electrons. The normalized spacial score (nSPS) is 22.7. The van der Waals surface area contributed by atoms with Gasteiger partial charge in [0.05, 0.1) is 0 Å². The van der Waals surface area contributed by atoms with Crippen LogP contribution in [-0.4, -0.2) is 22.0 Å². The minimum Gasteiger partial charge on any atom is -0.361 e. The van der Waals surface area contributed by atoms with Crippen molar-refractivity contribution in [1.82, 2.24) is 10.3 Å². The Morgan fingerprint density at radius 1 is 1.40 bits per heavy atom. The van der Waals surface area contributed by atoms with Crippen molar-refractivity contribution in [2.75, 3.05) is 5.75 Å². The molecule has 1 aromatic carbocycles. The first-order valence-corrected chi connectivity index (χ1v) is 8.79. The molecule has 0 bridgehead atoms. The third-order valence-corrected chi connectivity index (χ3v) is 5.57. The highest BCUT2D eigenvalue weighted by Gasteiger charge is 2.24. The molecular weight excluding hydrogens is 288 g/mol. The van der Waals surface area contributed by atoms with Gasteiger partial charge in [-0.3, -0.25) is 0 Å². The topological polar surface area (TPSA) is 27.8 Å². The van der Waals surface area contributed by atoms with Gasteiger partial charge >= 0.3 is 0 Å². The summed E-state index contributed by atoms with van der Waals surface area (Å²) in [5.74, 6) is 1.24. The van der Waals surface area contributed by atoms with E-state index in [1.165, 1.54) is 36.0 Å². The molecule has 2 nitrogen and oxygen atoms in total. The summed E-state index contributed by atoms with van der Waals surface area (Å²) in [6.07, 6.45) is 6.08. The van der Waals surface area contributed by atoms with Gasteiger partial charge in [-0.15, -0.1) is 0 Å². The van der Waals surface area contributed by atoms with E-state index in [9.17, 15) is 0 Å². The highest BCUT2D eigenvalue weighted by Crippen LogP contribution is 2.30. The molecule has 1 aromatic heterocycles. The Balaban J connectivity index is 1.60. The lowest BCUT2D eigenvalue weighted by molar-refractivity contribution is 0.526. The molecule has 108 valence electrons. The van der Waals surface area contributed by atoms with Crippen molar-refractivity contribution in [1.29, 1.82) is 0 Å². The molecule has 2 aromatic rings. The fraction of sp³-hybridized carbons (Fsp3) is 0.500. The van der Waals surface area contributed by atoms with Crippen LogP contribution in [0.2, 0.25) is 5.02 Å². The highest BCUT2D eigenvalue weighted by molar-refractivity contribution is 7.99. The van der Waals surface area contributed by atoms with Gasteiger partial charge in [0, 0.05) is 40.0 Å². The minimum atomic E-state index is 0.677. The van der Waals surface area contributed by atoms with Crippen LogP contribution in [0.4, 0.5) is 0 Å². The Labute approximate surface area is 129 Å². The molecule has 1 fully saturated rings. The van der Waals surface area contributed by atoms with Crippen LogP contribution in [0.25, 0.3) is 10.9 Å². The molecule has 1 heterocycles. The molecule has 0 saturated heterocycles. The number of halogens is 1. The lowest BCUT2D eigenvalue weighted by Crippen LogP contribution is -2.26. The number of hydrogen-bond donors (Lipinski definition) is 2. The van der Waals surface area contributed by atoms with Crippen molar-refractivity contribution in [3.63, 3.8) is 0 Å². The average molecular weight is 309 g/mol. The Bertz CT molecular complexity index is 581. The van der Waals surface area contributed by atoms with E-state index in [4.69, 9.17) is 11.6 Å². The first kappa shape index (κ1) is 14.3. The fourth-order valence-corrected chi connectivity index (χ4v) is 4.39. The minimum absolute atomic E-state index is 0.677. The predicted molar refractivity (Wildman–Crippen MR) is 89.7 cm³/mol. The SMILES string of the molecule is CCSC1CCC(NCc2c[nH]c3cc(Cl)ccc23)C1. The summed E-state index contributed by atoms with van der Waals surface area (Å²) in [4.78, 5) is 3.30. The number of fused-ring (bicyclic) bond motifs is 1. The van der Waals surface area contributed by atoms with E-state index in [1.807, 2.05) is 12.1 Å². The maximum absolute atomic E-state index is 6.02. The maximum atomic E-state index is 6.02. The molecule has 0 aliphatic heterocycles. The number of aromatic nitrogens is 1. The number of rotatable bonds is 5. The van der Waals surface area contributed by atoms with E-state index in [0.29, 0.717) is 6.04 Å². The molecule has 2 atom stereocenters. The second-order valence-electron chi connectivity index (χ2n) is 5.47. The maximum Gasteiger partial charge on any atom is 0.0472 e. The van der Waals surface area contributed by atoms with Crippen LogP contribution < -0.4 is 5.32 Å². The molecule has 1 saturated carbocycles. The monoisotopic (exact) mass is 308 g/mol. The first-order chi connectivity index (χ1) is 9.76. The van der Waals surface area contributed by atoms with Crippen molar-refractivity contribution in [3.05, 3.63) is 35.0 Å². The molecule has 4 heteroatoms. The van der Waals surface area contributed by atoms with Crippen molar-refractivity contribution < 1.29 is 0 Å². The first-order valence-electron chi connectivity index (χ1n) is 7.36. The Morgan fingerprint density at radius 3 is 3.15 bits per heavy atom. The summed E-state index contributed by atoms with van der Waals surface area (Å²) in [7, 11) is 0. The van der Waals surface area contributed by atoms with Crippen molar-refractivity contribution in [2.45, 2.75) is 44.0 Å². The molecule has 20 heavy (non-hydrogen) atoms. The van der Waals surface area contributed by atoms with E-state index in [-0.39, 0.29) is 0 Å². The lowest BCUT2D eigenvalue weighted by atomic mass is 10.1. The van der Waals surface area contributed by atoms with Crippen molar-refractivity contribution >= 4 is 34.3 Å². The third kappa shape index (κ3) is 3.16. The number of nitrogens with one attached hydrogen (secondary N) is 2. The van der Waals surface area contributed by atoms with E-state index in [1.54, 1.807) is 0 Å². The second kappa shape index (κ2) is 6.42. The predicted octanol–water partition coefficient (Wildman–Crippen LogP) is 4.59. The summed E-state index contributed by atoms with van der Waals surface area (Å²) in [6, 6.07) is 6.74. The summed E-state index contributed by atoms with van der Waals surface area (Å²) < 4.78 is 0. The third-order valence-electron chi connectivity index (χ3n) is 4.10. The van der Waals surface area contributed by atoms with Gasteiger partial charge in [0.15, 0.2) is 0 Å². The van der Waals surface area contributed by atoms with E-state index in [2.05, 4.69) is 41.2 Å². The zero-order valence-electron chi connectivity index (χ0n) is 11.8. The number of benzene rings is 1. The fourth-order valence-electron chi connectivity index (χ4n) is 3.07. The van der Waals surface area contributed by atoms with E-state index in [0.717, 1.165) is 22.3 Å². The van der Waals surface area contributed by atoms with Gasteiger partial charge in [-0.1, -0.05) is 24.6 Å². The van der Waals surface area contributed by atoms with Crippen LogP contribution in [0.3, 0.4) is 0 Å². The van der Waals surface area contributed by atoms with Gasteiger partial charge in [-0.2, -0.15) is 11.8 Å². The molecule has 2 unspecified atom stereocenters. The molecule has 0 amide bonds. The number of hydrogen-bond acceptors (Lipinski definition) is 2. The van der Waals surface area contributed by atoms with Gasteiger partial charge in [0.2, 0.25) is 0 Å². The van der Waals surface area contributed by atoms with Gasteiger partial charge < -0.3 is 10.3 Å².